The van der Waals surface area contributed by atoms with Crippen LogP contribution in [0.15, 0.2) is 53.6 Å². The van der Waals surface area contributed by atoms with Crippen molar-refractivity contribution in [3.05, 3.63) is 59.7 Å². The van der Waals surface area contributed by atoms with Crippen LogP contribution in [0.1, 0.15) is 23.6 Å². The third-order valence-corrected chi connectivity index (χ3v) is 5.23. The van der Waals surface area contributed by atoms with Gasteiger partial charge < -0.3 is 19.8 Å². The highest BCUT2D eigenvalue weighted by Gasteiger charge is 2.37. The van der Waals surface area contributed by atoms with Gasteiger partial charge in [0.1, 0.15) is 6.61 Å². The number of nitrogens with zero attached hydrogens (tertiary/aromatic N) is 2. The molecule has 0 bridgehead atoms. The van der Waals surface area contributed by atoms with Crippen molar-refractivity contribution in [2.45, 2.75) is 19.1 Å². The van der Waals surface area contributed by atoms with E-state index < -0.39 is 0 Å². The molecule has 1 saturated heterocycles. The molecule has 0 saturated carbocycles. The maximum atomic E-state index is 6.23. The summed E-state index contributed by atoms with van der Waals surface area (Å²) in [6, 6.07) is 16.4. The van der Waals surface area contributed by atoms with Crippen molar-refractivity contribution in [3.63, 3.8) is 0 Å². The Bertz CT molecular complexity index is 791. The number of hydrazone groups is 1. The highest BCUT2D eigenvalue weighted by atomic mass is 16.5. The van der Waals surface area contributed by atoms with Crippen LogP contribution in [-0.4, -0.2) is 37.9 Å². The van der Waals surface area contributed by atoms with Crippen LogP contribution in [0, 0.1) is 5.92 Å². The van der Waals surface area contributed by atoms with E-state index in [4.69, 9.17) is 9.47 Å². The number of hydrogen-bond donors (Lipinski definition) is 1. The molecule has 26 heavy (non-hydrogen) atoms. The number of ether oxygens (including phenoxy) is 2. The molecule has 0 amide bonds. The number of piperidine rings is 1. The summed E-state index contributed by atoms with van der Waals surface area (Å²) in [5, 5.41) is 4.61. The molecular weight excluding hydrogens is 326 g/mol. The lowest BCUT2D eigenvalue weighted by Gasteiger charge is -2.31. The Morgan fingerprint density at radius 3 is 2.81 bits per heavy atom. The number of rotatable bonds is 5. The van der Waals surface area contributed by atoms with E-state index in [1.165, 1.54) is 5.71 Å². The first-order chi connectivity index (χ1) is 12.8. The van der Waals surface area contributed by atoms with Gasteiger partial charge in [0.05, 0.1) is 13.2 Å². The summed E-state index contributed by atoms with van der Waals surface area (Å²) >= 11 is 0. The fourth-order valence-electron chi connectivity index (χ4n) is 3.81. The van der Waals surface area contributed by atoms with Gasteiger partial charge in [-0.1, -0.05) is 42.5 Å². The minimum atomic E-state index is 0.119. The van der Waals surface area contributed by atoms with Crippen LogP contribution in [0.4, 0.5) is 0 Å². The third-order valence-electron chi connectivity index (χ3n) is 5.23. The molecule has 2 aromatic rings. The standard InChI is InChI=1S/C21H25N3O2/c1-24-12-11-18-17(13-24)20(23-22-18)16-9-6-10-19(25-2)21(16)26-14-15-7-4-3-5-8-15/h3-10,17,20,23H,11-14H2,1-2H3. The van der Waals surface area contributed by atoms with E-state index in [9.17, 15) is 0 Å². The number of fused-ring (bicyclic) bond motifs is 1. The minimum Gasteiger partial charge on any atom is -0.493 e. The smallest absolute Gasteiger partial charge is 0.167 e. The van der Waals surface area contributed by atoms with Crippen molar-refractivity contribution in [3.8, 4) is 11.5 Å². The van der Waals surface area contributed by atoms with Crippen molar-refractivity contribution in [1.82, 2.24) is 10.3 Å². The van der Waals surface area contributed by atoms with Crippen LogP contribution in [0.5, 0.6) is 11.5 Å². The zero-order valence-corrected chi connectivity index (χ0v) is 15.3. The highest BCUT2D eigenvalue weighted by Crippen LogP contribution is 2.41. The summed E-state index contributed by atoms with van der Waals surface area (Å²) in [5.41, 5.74) is 6.87. The van der Waals surface area contributed by atoms with Crippen LogP contribution < -0.4 is 14.9 Å². The summed E-state index contributed by atoms with van der Waals surface area (Å²) in [7, 11) is 3.86. The van der Waals surface area contributed by atoms with Gasteiger partial charge in [-0.2, -0.15) is 5.10 Å². The maximum Gasteiger partial charge on any atom is 0.167 e. The molecule has 1 N–H and O–H groups in total. The third kappa shape index (κ3) is 3.27. The molecule has 0 spiro atoms. The molecule has 2 unspecified atom stereocenters. The Morgan fingerprint density at radius 1 is 1.15 bits per heavy atom. The van der Waals surface area contributed by atoms with Crippen LogP contribution in [0.25, 0.3) is 0 Å². The van der Waals surface area contributed by atoms with Crippen LogP contribution in [0.3, 0.4) is 0 Å². The average molecular weight is 351 g/mol. The van der Waals surface area contributed by atoms with Gasteiger partial charge in [0.2, 0.25) is 0 Å². The zero-order chi connectivity index (χ0) is 17.9. The number of nitrogens with one attached hydrogen (secondary N) is 1. The first-order valence-corrected chi connectivity index (χ1v) is 9.10. The van der Waals surface area contributed by atoms with Crippen molar-refractivity contribution in [2.24, 2.45) is 11.0 Å². The van der Waals surface area contributed by atoms with Crippen LogP contribution >= 0.6 is 0 Å². The Balaban J connectivity index is 1.62. The van der Waals surface area contributed by atoms with Crippen molar-refractivity contribution in [2.75, 3.05) is 27.2 Å². The Hall–Kier alpha value is -2.53. The van der Waals surface area contributed by atoms with E-state index in [0.717, 1.165) is 42.1 Å². The van der Waals surface area contributed by atoms with Crippen molar-refractivity contribution in [1.29, 1.82) is 0 Å². The van der Waals surface area contributed by atoms with Gasteiger partial charge in [-0.3, -0.25) is 0 Å². The van der Waals surface area contributed by atoms with E-state index >= 15 is 0 Å². The maximum absolute atomic E-state index is 6.23. The number of methoxy groups -OCH3 is 1. The first-order valence-electron chi connectivity index (χ1n) is 9.10. The molecule has 2 aliphatic rings. The van der Waals surface area contributed by atoms with E-state index in [1.54, 1.807) is 7.11 Å². The second kappa shape index (κ2) is 7.38. The molecule has 4 rings (SSSR count). The van der Waals surface area contributed by atoms with Crippen molar-refractivity contribution >= 4 is 5.71 Å². The molecule has 0 aliphatic carbocycles. The minimum absolute atomic E-state index is 0.119. The Morgan fingerprint density at radius 2 is 2.00 bits per heavy atom. The topological polar surface area (TPSA) is 46.1 Å². The van der Waals surface area contributed by atoms with Crippen LogP contribution in [-0.2, 0) is 6.61 Å². The molecule has 5 heteroatoms. The second-order valence-electron chi connectivity index (χ2n) is 6.98. The fraction of sp³-hybridized carbons (Fsp3) is 0.381. The van der Waals surface area contributed by atoms with E-state index in [1.807, 2.05) is 30.3 Å². The molecule has 2 aromatic carbocycles. The van der Waals surface area contributed by atoms with Gasteiger partial charge in [0, 0.05) is 36.7 Å². The van der Waals surface area contributed by atoms with Gasteiger partial charge >= 0.3 is 0 Å². The van der Waals surface area contributed by atoms with E-state index in [2.05, 4.69) is 40.7 Å². The monoisotopic (exact) mass is 351 g/mol. The summed E-state index contributed by atoms with van der Waals surface area (Å²) < 4.78 is 11.8. The molecule has 2 atom stereocenters. The van der Waals surface area contributed by atoms with Gasteiger partial charge in [-0.15, -0.1) is 0 Å². The molecule has 5 nitrogen and oxygen atoms in total. The molecule has 1 fully saturated rings. The Kier molecular flexibility index (Phi) is 4.80. The van der Waals surface area contributed by atoms with Gasteiger partial charge in [0.25, 0.3) is 0 Å². The lowest BCUT2D eigenvalue weighted by atomic mass is 9.86. The normalized spacial score (nSPS) is 22.3. The Labute approximate surface area is 154 Å². The summed E-state index contributed by atoms with van der Waals surface area (Å²) in [4.78, 5) is 2.37. The predicted octanol–water partition coefficient (Wildman–Crippen LogP) is 3.23. The molecular formula is C21H25N3O2. The molecule has 136 valence electrons. The largest absolute Gasteiger partial charge is 0.493 e. The van der Waals surface area contributed by atoms with E-state index in [0.29, 0.717) is 12.5 Å². The van der Waals surface area contributed by atoms with Gasteiger partial charge in [-0.05, 0) is 18.7 Å². The predicted molar refractivity (Wildman–Crippen MR) is 103 cm³/mol. The quantitative estimate of drug-likeness (QED) is 0.898. The van der Waals surface area contributed by atoms with E-state index in [-0.39, 0.29) is 6.04 Å². The zero-order valence-electron chi connectivity index (χ0n) is 15.3. The number of hydrogen-bond acceptors (Lipinski definition) is 5. The number of benzene rings is 2. The van der Waals surface area contributed by atoms with Gasteiger partial charge in [-0.25, -0.2) is 0 Å². The summed E-state index contributed by atoms with van der Waals surface area (Å²) in [5.74, 6) is 1.94. The highest BCUT2D eigenvalue weighted by molar-refractivity contribution is 5.90. The average Bonchev–Trinajstić information content (AvgIpc) is 3.09. The molecule has 0 radical (unpaired) electrons. The number of likely N-dealkylation sites (tertiary alicyclic amines) is 1. The molecule has 0 aromatic heterocycles. The SMILES string of the molecule is COc1cccc(C2NN=C3CCN(C)CC32)c1OCc1ccccc1. The summed E-state index contributed by atoms with van der Waals surface area (Å²) in [6.45, 7) is 2.59. The molecule has 2 heterocycles. The number of para-hydroxylation sites is 1. The second-order valence-corrected chi connectivity index (χ2v) is 6.98. The molecule has 2 aliphatic heterocycles. The van der Waals surface area contributed by atoms with Crippen molar-refractivity contribution < 1.29 is 9.47 Å². The fourth-order valence-corrected chi connectivity index (χ4v) is 3.81. The summed E-state index contributed by atoms with van der Waals surface area (Å²) in [6.07, 6.45) is 1.02. The first kappa shape index (κ1) is 16.9. The van der Waals surface area contributed by atoms with Gasteiger partial charge in [0.15, 0.2) is 11.5 Å². The lowest BCUT2D eigenvalue weighted by Crippen LogP contribution is -2.39. The lowest BCUT2D eigenvalue weighted by molar-refractivity contribution is 0.257. The van der Waals surface area contributed by atoms with Crippen LogP contribution in [0.2, 0.25) is 0 Å².